The minimum Gasteiger partial charge on any atom is -0.381 e. The van der Waals surface area contributed by atoms with Crippen molar-refractivity contribution in [2.24, 2.45) is 5.92 Å². The van der Waals surface area contributed by atoms with Gasteiger partial charge in [0.15, 0.2) is 5.78 Å². The highest BCUT2D eigenvalue weighted by atomic mass is 16.5. The molecule has 1 atom stereocenters. The van der Waals surface area contributed by atoms with E-state index >= 15 is 0 Å². The van der Waals surface area contributed by atoms with E-state index in [1.165, 1.54) is 0 Å². The highest BCUT2D eigenvalue weighted by Gasteiger charge is 2.39. The molecule has 0 aromatic carbocycles. The van der Waals surface area contributed by atoms with E-state index in [1.54, 1.807) is 0 Å². The van der Waals surface area contributed by atoms with Crippen molar-refractivity contribution < 1.29 is 9.53 Å². The Morgan fingerprint density at radius 3 is 2.35 bits per heavy atom. The predicted molar refractivity (Wildman–Crippen MR) is 70.1 cm³/mol. The number of nitrogens with one attached hydrogen (secondary N) is 1. The first-order chi connectivity index (χ1) is 8.00. The van der Waals surface area contributed by atoms with Gasteiger partial charge in [-0.25, -0.2) is 0 Å². The monoisotopic (exact) mass is 241 g/mol. The summed E-state index contributed by atoms with van der Waals surface area (Å²) in [6, 6.07) is 0.342. The summed E-state index contributed by atoms with van der Waals surface area (Å²) >= 11 is 0. The highest BCUT2D eigenvalue weighted by molar-refractivity contribution is 5.88. The lowest BCUT2D eigenvalue weighted by molar-refractivity contribution is -0.130. The van der Waals surface area contributed by atoms with Gasteiger partial charge < -0.3 is 10.1 Å². The molecule has 1 fully saturated rings. The molecule has 1 aliphatic heterocycles. The molecule has 3 heteroatoms. The SMILES string of the molecule is CCC(C)CC(=O)C1(NC(C)C)CCOCC1. The Morgan fingerprint density at radius 1 is 1.29 bits per heavy atom. The normalized spacial score (nSPS) is 21.5. The molecule has 1 saturated heterocycles. The minimum atomic E-state index is -0.324. The second-order valence-electron chi connectivity index (χ2n) is 5.63. The number of hydrogen-bond acceptors (Lipinski definition) is 3. The molecule has 0 aromatic heterocycles. The summed E-state index contributed by atoms with van der Waals surface area (Å²) in [7, 11) is 0. The molecule has 0 spiro atoms. The van der Waals surface area contributed by atoms with Crippen LogP contribution in [-0.4, -0.2) is 30.6 Å². The molecule has 1 heterocycles. The van der Waals surface area contributed by atoms with Gasteiger partial charge >= 0.3 is 0 Å². The van der Waals surface area contributed by atoms with Crippen LogP contribution in [0, 0.1) is 5.92 Å². The molecule has 0 aliphatic carbocycles. The molecule has 1 rings (SSSR count). The fourth-order valence-corrected chi connectivity index (χ4v) is 2.43. The van der Waals surface area contributed by atoms with Crippen molar-refractivity contribution in [3.8, 4) is 0 Å². The number of ether oxygens (including phenoxy) is 1. The third-order valence-corrected chi connectivity index (χ3v) is 3.68. The van der Waals surface area contributed by atoms with E-state index < -0.39 is 0 Å². The van der Waals surface area contributed by atoms with Crippen molar-refractivity contribution in [3.05, 3.63) is 0 Å². The van der Waals surface area contributed by atoms with E-state index in [1.807, 2.05) is 0 Å². The Labute approximate surface area is 105 Å². The summed E-state index contributed by atoms with van der Waals surface area (Å²) in [5.74, 6) is 0.861. The number of rotatable bonds is 6. The van der Waals surface area contributed by atoms with Gasteiger partial charge in [-0.3, -0.25) is 4.79 Å². The van der Waals surface area contributed by atoms with Crippen molar-refractivity contribution in [3.63, 3.8) is 0 Å². The molecule has 1 aliphatic rings. The predicted octanol–water partition coefficient (Wildman–Crippen LogP) is 2.54. The zero-order valence-electron chi connectivity index (χ0n) is 11.7. The number of carbonyl (C=O) groups is 1. The van der Waals surface area contributed by atoms with Gasteiger partial charge in [0.25, 0.3) is 0 Å². The fourth-order valence-electron chi connectivity index (χ4n) is 2.43. The molecule has 17 heavy (non-hydrogen) atoms. The topological polar surface area (TPSA) is 38.3 Å². The second-order valence-corrected chi connectivity index (χ2v) is 5.63. The summed E-state index contributed by atoms with van der Waals surface area (Å²) in [6.45, 7) is 9.91. The molecular weight excluding hydrogens is 214 g/mol. The van der Waals surface area contributed by atoms with Gasteiger partial charge in [-0.05, 0) is 32.6 Å². The maximum absolute atomic E-state index is 12.5. The lowest BCUT2D eigenvalue weighted by Gasteiger charge is -2.39. The molecule has 1 N–H and O–H groups in total. The van der Waals surface area contributed by atoms with Gasteiger partial charge in [-0.2, -0.15) is 0 Å². The quantitative estimate of drug-likeness (QED) is 0.776. The van der Waals surface area contributed by atoms with Crippen LogP contribution < -0.4 is 5.32 Å². The van der Waals surface area contributed by atoms with Crippen LogP contribution in [0.15, 0.2) is 0 Å². The fraction of sp³-hybridized carbons (Fsp3) is 0.929. The molecule has 0 bridgehead atoms. The van der Waals surface area contributed by atoms with E-state index in [9.17, 15) is 4.79 Å². The van der Waals surface area contributed by atoms with Gasteiger partial charge in [-0.15, -0.1) is 0 Å². The molecule has 3 nitrogen and oxygen atoms in total. The average Bonchev–Trinajstić information content (AvgIpc) is 2.29. The first-order valence-electron chi connectivity index (χ1n) is 6.89. The molecule has 1 unspecified atom stereocenters. The summed E-state index contributed by atoms with van der Waals surface area (Å²) in [6.07, 6.45) is 3.40. The van der Waals surface area contributed by atoms with E-state index in [4.69, 9.17) is 4.74 Å². The zero-order valence-corrected chi connectivity index (χ0v) is 11.7. The summed E-state index contributed by atoms with van der Waals surface area (Å²) in [4.78, 5) is 12.5. The molecule has 0 radical (unpaired) electrons. The number of Topliss-reactive ketones (excluding diaryl/α,β-unsaturated/α-hetero) is 1. The summed E-state index contributed by atoms with van der Waals surface area (Å²) < 4.78 is 5.40. The highest BCUT2D eigenvalue weighted by Crippen LogP contribution is 2.26. The first-order valence-corrected chi connectivity index (χ1v) is 6.89. The van der Waals surface area contributed by atoms with Crippen LogP contribution in [0.5, 0.6) is 0 Å². The number of carbonyl (C=O) groups excluding carboxylic acids is 1. The van der Waals surface area contributed by atoms with Crippen LogP contribution in [0.4, 0.5) is 0 Å². The lowest BCUT2D eigenvalue weighted by atomic mass is 9.81. The molecular formula is C14H27NO2. The lowest BCUT2D eigenvalue weighted by Crippen LogP contribution is -2.57. The van der Waals surface area contributed by atoms with Crippen LogP contribution in [0.1, 0.15) is 53.4 Å². The van der Waals surface area contributed by atoms with Crippen LogP contribution in [-0.2, 0) is 9.53 Å². The first kappa shape index (κ1) is 14.7. The van der Waals surface area contributed by atoms with Crippen LogP contribution in [0.3, 0.4) is 0 Å². The van der Waals surface area contributed by atoms with Crippen molar-refractivity contribution in [2.75, 3.05) is 13.2 Å². The van der Waals surface area contributed by atoms with Gasteiger partial charge in [-0.1, -0.05) is 20.3 Å². The van der Waals surface area contributed by atoms with E-state index in [0.717, 1.165) is 19.3 Å². The molecule has 0 saturated carbocycles. The third kappa shape index (κ3) is 4.07. The largest absolute Gasteiger partial charge is 0.381 e. The molecule has 100 valence electrons. The second kappa shape index (κ2) is 6.50. The van der Waals surface area contributed by atoms with Gasteiger partial charge in [0.1, 0.15) is 0 Å². The van der Waals surface area contributed by atoms with Crippen LogP contribution >= 0.6 is 0 Å². The maximum atomic E-state index is 12.5. The van der Waals surface area contributed by atoms with E-state index in [2.05, 4.69) is 33.0 Å². The van der Waals surface area contributed by atoms with Gasteiger partial charge in [0, 0.05) is 25.7 Å². The Hall–Kier alpha value is -0.410. The van der Waals surface area contributed by atoms with Crippen LogP contribution in [0.25, 0.3) is 0 Å². The molecule has 0 amide bonds. The Bertz CT molecular complexity index is 245. The maximum Gasteiger partial charge on any atom is 0.153 e. The average molecular weight is 241 g/mol. The summed E-state index contributed by atoms with van der Waals surface area (Å²) in [5.41, 5.74) is -0.324. The third-order valence-electron chi connectivity index (χ3n) is 3.68. The van der Waals surface area contributed by atoms with Crippen molar-refractivity contribution in [1.82, 2.24) is 5.32 Å². The summed E-state index contributed by atoms with van der Waals surface area (Å²) in [5, 5.41) is 3.49. The standard InChI is InChI=1S/C14H27NO2/c1-5-12(4)10-13(16)14(15-11(2)3)6-8-17-9-7-14/h11-12,15H,5-10H2,1-4H3. The Morgan fingerprint density at radius 2 is 1.88 bits per heavy atom. The number of hydrogen-bond donors (Lipinski definition) is 1. The van der Waals surface area contributed by atoms with Gasteiger partial charge in [0.05, 0.1) is 5.54 Å². The van der Waals surface area contributed by atoms with Gasteiger partial charge in [0.2, 0.25) is 0 Å². The smallest absolute Gasteiger partial charge is 0.153 e. The van der Waals surface area contributed by atoms with Crippen molar-refractivity contribution >= 4 is 5.78 Å². The van der Waals surface area contributed by atoms with Crippen molar-refractivity contribution in [1.29, 1.82) is 0 Å². The molecule has 0 aromatic rings. The van der Waals surface area contributed by atoms with Crippen LogP contribution in [0.2, 0.25) is 0 Å². The van der Waals surface area contributed by atoms with Crippen molar-refractivity contribution in [2.45, 2.75) is 65.0 Å². The Kier molecular flexibility index (Phi) is 5.60. The Balaban J connectivity index is 2.70. The zero-order chi connectivity index (χ0) is 12.9. The minimum absolute atomic E-state index is 0.324. The number of ketones is 1. The van der Waals surface area contributed by atoms with E-state index in [-0.39, 0.29) is 5.54 Å². The van der Waals surface area contributed by atoms with E-state index in [0.29, 0.717) is 37.4 Å².